The third-order valence-corrected chi connectivity index (χ3v) is 3.82. The van der Waals surface area contributed by atoms with Crippen LogP contribution in [0.1, 0.15) is 16.1 Å². The van der Waals surface area contributed by atoms with E-state index in [1.807, 2.05) is 0 Å². The van der Waals surface area contributed by atoms with Crippen molar-refractivity contribution >= 4 is 34.7 Å². The third-order valence-electron chi connectivity index (χ3n) is 3.49. The zero-order valence-electron chi connectivity index (χ0n) is 13.6. The van der Waals surface area contributed by atoms with Crippen LogP contribution in [0.4, 0.5) is 30.4 Å². The Morgan fingerprint density at radius 3 is 2.26 bits per heavy atom. The molecule has 138 valence electrons. The average Bonchev–Trinajstić information content (AvgIpc) is 2.64. The molecule has 1 heterocycles. The molecule has 0 aliphatic heterocycles. The summed E-state index contributed by atoms with van der Waals surface area (Å²) in [5.74, 6) is -0.208. The average molecular weight is 393 g/mol. The number of alkyl halides is 3. The highest BCUT2D eigenvalue weighted by atomic mass is 35.5. The van der Waals surface area contributed by atoms with Crippen molar-refractivity contribution in [2.75, 3.05) is 10.6 Å². The van der Waals surface area contributed by atoms with Gasteiger partial charge in [-0.3, -0.25) is 4.79 Å². The molecule has 0 aliphatic rings. The van der Waals surface area contributed by atoms with Crippen LogP contribution in [-0.4, -0.2) is 15.9 Å². The van der Waals surface area contributed by atoms with Crippen LogP contribution in [0.15, 0.2) is 60.9 Å². The highest BCUT2D eigenvalue weighted by molar-refractivity contribution is 6.33. The first kappa shape index (κ1) is 18.7. The monoisotopic (exact) mass is 392 g/mol. The fourth-order valence-electron chi connectivity index (χ4n) is 2.15. The number of benzene rings is 2. The number of amides is 1. The summed E-state index contributed by atoms with van der Waals surface area (Å²) in [6.07, 6.45) is -1.83. The highest BCUT2D eigenvalue weighted by Gasteiger charge is 2.30. The summed E-state index contributed by atoms with van der Waals surface area (Å²) in [5.41, 5.74) is 0.0680. The number of carbonyl (C=O) groups excluding carboxylic acids is 1. The summed E-state index contributed by atoms with van der Waals surface area (Å²) in [6.45, 7) is 0. The number of carbonyl (C=O) groups is 1. The Morgan fingerprint density at radius 2 is 1.67 bits per heavy atom. The summed E-state index contributed by atoms with van der Waals surface area (Å²) in [5, 5.41) is 5.93. The first-order chi connectivity index (χ1) is 12.8. The molecule has 0 unspecified atom stereocenters. The molecular weight excluding hydrogens is 381 g/mol. The molecular formula is C18H12ClF3N4O. The molecule has 0 aliphatic carbocycles. The van der Waals surface area contributed by atoms with Gasteiger partial charge in [0.05, 0.1) is 28.7 Å². The van der Waals surface area contributed by atoms with Gasteiger partial charge in [0.1, 0.15) is 11.5 Å². The molecule has 2 N–H and O–H groups in total. The van der Waals surface area contributed by atoms with Gasteiger partial charge < -0.3 is 10.6 Å². The molecule has 0 spiro atoms. The van der Waals surface area contributed by atoms with Gasteiger partial charge in [-0.2, -0.15) is 13.2 Å². The number of rotatable bonds is 4. The van der Waals surface area contributed by atoms with Crippen molar-refractivity contribution in [3.05, 3.63) is 77.2 Å². The summed E-state index contributed by atoms with van der Waals surface area (Å²) in [4.78, 5) is 20.2. The second kappa shape index (κ2) is 7.63. The van der Waals surface area contributed by atoms with Crippen LogP contribution in [0.25, 0.3) is 0 Å². The van der Waals surface area contributed by atoms with E-state index in [0.717, 1.165) is 12.1 Å². The Balaban J connectivity index is 1.66. The van der Waals surface area contributed by atoms with E-state index in [9.17, 15) is 18.0 Å². The van der Waals surface area contributed by atoms with Crippen LogP contribution in [0.2, 0.25) is 5.02 Å². The Bertz CT molecular complexity index is 944. The van der Waals surface area contributed by atoms with E-state index in [1.54, 1.807) is 24.3 Å². The predicted molar refractivity (Wildman–Crippen MR) is 96.2 cm³/mol. The van der Waals surface area contributed by atoms with E-state index >= 15 is 0 Å². The van der Waals surface area contributed by atoms with Gasteiger partial charge in [0, 0.05) is 5.69 Å². The lowest BCUT2D eigenvalue weighted by molar-refractivity contribution is -0.137. The maximum absolute atomic E-state index is 12.5. The van der Waals surface area contributed by atoms with Gasteiger partial charge in [0.15, 0.2) is 0 Å². The number of halogens is 4. The van der Waals surface area contributed by atoms with Gasteiger partial charge in [0.25, 0.3) is 5.91 Å². The smallest absolute Gasteiger partial charge is 0.338 e. The summed E-state index contributed by atoms with van der Waals surface area (Å²) < 4.78 is 37.6. The van der Waals surface area contributed by atoms with E-state index in [4.69, 9.17) is 11.6 Å². The minimum atomic E-state index is -4.43. The van der Waals surface area contributed by atoms with E-state index in [-0.39, 0.29) is 11.4 Å². The third kappa shape index (κ3) is 4.73. The normalized spacial score (nSPS) is 11.1. The SMILES string of the molecule is O=C(Nc1ccc(C(F)(F)F)cc1)c1cnc(Nc2ccccc2Cl)cn1. The maximum atomic E-state index is 12.5. The Labute approximate surface area is 157 Å². The lowest BCUT2D eigenvalue weighted by atomic mass is 10.2. The maximum Gasteiger partial charge on any atom is 0.416 e. The second-order valence-corrected chi connectivity index (χ2v) is 5.83. The number of nitrogens with one attached hydrogen (secondary N) is 2. The largest absolute Gasteiger partial charge is 0.416 e. The number of para-hydroxylation sites is 1. The van der Waals surface area contributed by atoms with Crippen molar-refractivity contribution in [3.63, 3.8) is 0 Å². The molecule has 5 nitrogen and oxygen atoms in total. The molecule has 0 saturated heterocycles. The molecule has 1 amide bonds. The number of nitrogens with zero attached hydrogens (tertiary/aromatic N) is 2. The van der Waals surface area contributed by atoms with Crippen LogP contribution in [0.3, 0.4) is 0 Å². The van der Waals surface area contributed by atoms with Gasteiger partial charge in [-0.1, -0.05) is 23.7 Å². The molecule has 0 fully saturated rings. The van der Waals surface area contributed by atoms with Crippen molar-refractivity contribution < 1.29 is 18.0 Å². The van der Waals surface area contributed by atoms with Crippen molar-refractivity contribution in [1.82, 2.24) is 9.97 Å². The van der Waals surface area contributed by atoms with Crippen molar-refractivity contribution in [2.24, 2.45) is 0 Å². The van der Waals surface area contributed by atoms with E-state index in [0.29, 0.717) is 16.5 Å². The standard InChI is InChI=1S/C18H12ClF3N4O/c19-13-3-1-2-4-14(13)26-16-10-23-15(9-24-16)17(27)25-12-7-5-11(6-8-12)18(20,21)22/h1-10H,(H,24,26)(H,25,27). The van der Waals surface area contributed by atoms with Crippen molar-refractivity contribution in [2.45, 2.75) is 6.18 Å². The molecule has 0 bridgehead atoms. The number of hydrogen-bond acceptors (Lipinski definition) is 4. The number of aromatic nitrogens is 2. The van der Waals surface area contributed by atoms with Crippen molar-refractivity contribution in [3.8, 4) is 0 Å². The lowest BCUT2D eigenvalue weighted by Crippen LogP contribution is -2.14. The molecule has 3 rings (SSSR count). The van der Waals surface area contributed by atoms with E-state index in [1.165, 1.54) is 24.5 Å². The van der Waals surface area contributed by atoms with Gasteiger partial charge in [-0.15, -0.1) is 0 Å². The predicted octanol–water partition coefficient (Wildman–Crippen LogP) is 5.14. The van der Waals surface area contributed by atoms with E-state index < -0.39 is 17.6 Å². The van der Waals surface area contributed by atoms with Crippen LogP contribution >= 0.6 is 11.6 Å². The fraction of sp³-hybridized carbons (Fsp3) is 0.0556. The fourth-order valence-corrected chi connectivity index (χ4v) is 2.33. The molecule has 3 aromatic rings. The minimum absolute atomic E-state index is 0.0135. The molecule has 0 saturated carbocycles. The van der Waals surface area contributed by atoms with Gasteiger partial charge in [0.2, 0.25) is 0 Å². The number of anilines is 3. The summed E-state index contributed by atoms with van der Waals surface area (Å²) in [6, 6.07) is 11.2. The molecule has 0 atom stereocenters. The quantitative estimate of drug-likeness (QED) is 0.644. The first-order valence-corrected chi connectivity index (χ1v) is 8.03. The Kier molecular flexibility index (Phi) is 5.27. The van der Waals surface area contributed by atoms with Gasteiger partial charge in [-0.05, 0) is 36.4 Å². The highest BCUT2D eigenvalue weighted by Crippen LogP contribution is 2.30. The zero-order valence-corrected chi connectivity index (χ0v) is 14.3. The Morgan fingerprint density at radius 1 is 0.963 bits per heavy atom. The van der Waals surface area contributed by atoms with Crippen molar-refractivity contribution in [1.29, 1.82) is 0 Å². The zero-order chi connectivity index (χ0) is 19.4. The van der Waals surface area contributed by atoms with Crippen LogP contribution < -0.4 is 10.6 Å². The first-order valence-electron chi connectivity index (χ1n) is 7.65. The van der Waals surface area contributed by atoms with Crippen LogP contribution in [-0.2, 0) is 6.18 Å². The van der Waals surface area contributed by atoms with E-state index in [2.05, 4.69) is 20.6 Å². The molecule has 9 heteroatoms. The summed E-state index contributed by atoms with van der Waals surface area (Å²) >= 11 is 6.04. The lowest BCUT2D eigenvalue weighted by Gasteiger charge is -2.09. The summed E-state index contributed by atoms with van der Waals surface area (Å²) in [7, 11) is 0. The van der Waals surface area contributed by atoms with Gasteiger partial charge in [-0.25, -0.2) is 9.97 Å². The number of hydrogen-bond donors (Lipinski definition) is 2. The second-order valence-electron chi connectivity index (χ2n) is 5.42. The van der Waals surface area contributed by atoms with Crippen LogP contribution in [0.5, 0.6) is 0 Å². The molecule has 1 aromatic heterocycles. The molecule has 27 heavy (non-hydrogen) atoms. The topological polar surface area (TPSA) is 66.9 Å². The Hall–Kier alpha value is -3.13. The molecule has 2 aromatic carbocycles. The molecule has 0 radical (unpaired) electrons. The minimum Gasteiger partial charge on any atom is -0.338 e. The van der Waals surface area contributed by atoms with Gasteiger partial charge >= 0.3 is 6.18 Å². The van der Waals surface area contributed by atoms with Crippen LogP contribution in [0, 0.1) is 0 Å².